The number of aromatic nitrogens is 6. The fourth-order valence-electron chi connectivity index (χ4n) is 5.57. The van der Waals surface area contributed by atoms with Crippen LogP contribution < -0.4 is 5.73 Å². The number of nitrogens with two attached hydrogens (primary N) is 1. The molecular weight excluding hydrogens is 631 g/mol. The van der Waals surface area contributed by atoms with E-state index < -0.39 is 39.0 Å². The highest BCUT2D eigenvalue weighted by atomic mass is 32.2. The van der Waals surface area contributed by atoms with Gasteiger partial charge < -0.3 is 10.7 Å². The Bertz CT molecular complexity index is 2510. The minimum atomic E-state index is -4.50. The molecule has 0 fully saturated rings. The molecule has 7 rings (SSSR count). The Morgan fingerprint density at radius 1 is 0.894 bits per heavy atom. The zero-order chi connectivity index (χ0) is 33.4. The van der Waals surface area contributed by atoms with Crippen molar-refractivity contribution >= 4 is 43.6 Å². The highest BCUT2D eigenvalue weighted by molar-refractivity contribution is 7.90. The van der Waals surface area contributed by atoms with Crippen molar-refractivity contribution in [2.75, 3.05) is 5.73 Å². The average Bonchev–Trinajstić information content (AvgIpc) is 3.73. The molecule has 0 spiro atoms. The summed E-state index contributed by atoms with van der Waals surface area (Å²) in [6.45, 7) is 4.78. The number of pyridine rings is 1. The first-order valence-electron chi connectivity index (χ1n) is 14.2. The molecule has 3 aromatic carbocycles. The van der Waals surface area contributed by atoms with E-state index in [0.29, 0.717) is 17.0 Å². The lowest BCUT2D eigenvalue weighted by atomic mass is 10.0. The van der Waals surface area contributed by atoms with E-state index >= 15 is 4.39 Å². The molecule has 10 nitrogen and oxygen atoms in total. The van der Waals surface area contributed by atoms with Crippen molar-refractivity contribution in [3.63, 3.8) is 0 Å². The van der Waals surface area contributed by atoms with E-state index in [9.17, 15) is 22.0 Å². The van der Waals surface area contributed by atoms with Crippen molar-refractivity contribution in [3.05, 3.63) is 119 Å². The van der Waals surface area contributed by atoms with Gasteiger partial charge in [-0.3, -0.25) is 4.79 Å². The van der Waals surface area contributed by atoms with E-state index in [1.807, 2.05) is 6.92 Å². The van der Waals surface area contributed by atoms with Crippen molar-refractivity contribution in [2.45, 2.75) is 25.7 Å². The SMILES string of the molecule is Cc1ccc(S(=O)(=O)n2c(C(=O)c3cnn(-c4ccc5[nH]c(C)nc5c4)c3N)cc3ccc(-c4c(F)c(C)nc(F)c4F)cc32)cc1. The molecule has 4 aromatic heterocycles. The van der Waals surface area contributed by atoms with Crippen LogP contribution in [0.4, 0.5) is 19.0 Å². The Labute approximate surface area is 265 Å². The largest absolute Gasteiger partial charge is 0.383 e. The van der Waals surface area contributed by atoms with Crippen molar-refractivity contribution in [3.8, 4) is 16.8 Å². The van der Waals surface area contributed by atoms with Gasteiger partial charge >= 0.3 is 0 Å². The van der Waals surface area contributed by atoms with Crippen LogP contribution in [0, 0.1) is 38.4 Å². The molecule has 0 atom stereocenters. The summed E-state index contributed by atoms with van der Waals surface area (Å²) in [6, 6.07) is 16.4. The Balaban J connectivity index is 1.43. The van der Waals surface area contributed by atoms with Crippen LogP contribution in [0.3, 0.4) is 0 Å². The predicted octanol–water partition coefficient (Wildman–Crippen LogP) is 6.16. The Hall–Kier alpha value is -5.76. The number of nitrogens with one attached hydrogen (secondary N) is 1. The minimum Gasteiger partial charge on any atom is -0.383 e. The first-order valence-corrected chi connectivity index (χ1v) is 15.6. The number of hydrogen-bond acceptors (Lipinski definition) is 7. The van der Waals surface area contributed by atoms with Crippen LogP contribution in [0.2, 0.25) is 0 Å². The summed E-state index contributed by atoms with van der Waals surface area (Å²) in [6.07, 6.45) is 1.23. The molecule has 0 aliphatic heterocycles. The Morgan fingerprint density at radius 2 is 1.64 bits per heavy atom. The maximum atomic E-state index is 15.1. The number of aryl methyl sites for hydroxylation is 3. The van der Waals surface area contributed by atoms with E-state index in [0.717, 1.165) is 15.1 Å². The molecule has 0 saturated heterocycles. The van der Waals surface area contributed by atoms with Gasteiger partial charge in [-0.2, -0.15) is 9.49 Å². The number of fused-ring (bicyclic) bond motifs is 2. The van der Waals surface area contributed by atoms with Gasteiger partial charge in [0.1, 0.15) is 17.3 Å². The number of carbonyl (C=O) groups is 1. The van der Waals surface area contributed by atoms with Gasteiger partial charge in [-0.05, 0) is 68.8 Å². The minimum absolute atomic E-state index is 0.0567. The van der Waals surface area contributed by atoms with Gasteiger partial charge in [0.25, 0.3) is 10.0 Å². The number of aromatic amines is 1. The summed E-state index contributed by atoms with van der Waals surface area (Å²) >= 11 is 0. The molecule has 0 radical (unpaired) electrons. The van der Waals surface area contributed by atoms with Gasteiger partial charge in [-0.1, -0.05) is 29.8 Å². The number of carbonyl (C=O) groups excluding carboxylic acids is 1. The van der Waals surface area contributed by atoms with E-state index in [1.54, 1.807) is 37.3 Å². The van der Waals surface area contributed by atoms with Crippen LogP contribution in [-0.2, 0) is 10.0 Å². The molecule has 0 unspecified atom stereocenters. The third-order valence-corrected chi connectivity index (χ3v) is 9.67. The lowest BCUT2D eigenvalue weighted by Gasteiger charge is -2.13. The number of H-pyrrole nitrogens is 1. The highest BCUT2D eigenvalue weighted by Gasteiger charge is 2.30. The number of ketones is 1. The first-order chi connectivity index (χ1) is 22.3. The van der Waals surface area contributed by atoms with Gasteiger partial charge in [0, 0.05) is 5.39 Å². The van der Waals surface area contributed by atoms with Gasteiger partial charge in [0.05, 0.1) is 50.2 Å². The number of nitrogen functional groups attached to an aromatic ring is 1. The van der Waals surface area contributed by atoms with Crippen molar-refractivity contribution in [1.82, 2.24) is 28.7 Å². The zero-order valence-corrected chi connectivity index (χ0v) is 25.8. The smallest absolute Gasteiger partial charge is 0.268 e. The molecule has 236 valence electrons. The quantitative estimate of drug-likeness (QED) is 0.162. The molecule has 0 amide bonds. The number of anilines is 1. The maximum absolute atomic E-state index is 15.1. The van der Waals surface area contributed by atoms with Gasteiger partial charge in [-0.25, -0.2) is 35.8 Å². The van der Waals surface area contributed by atoms with Gasteiger partial charge in [-0.15, -0.1) is 0 Å². The standard InChI is InChI=1S/C33H24F3N7O3S/c1-16-4-9-22(10-5-16)47(45,46)43-26-13-20(28-29(34)17(2)39-32(36)30(28)35)7-6-19(26)12-27(43)31(44)23-15-38-42(33(23)37)21-8-11-24-25(14-21)41-18(3)40-24/h4-15H,37H2,1-3H3,(H,40,41). The van der Waals surface area contributed by atoms with Crippen molar-refractivity contribution in [2.24, 2.45) is 0 Å². The normalized spacial score (nSPS) is 12.0. The average molecular weight is 656 g/mol. The van der Waals surface area contributed by atoms with E-state index in [2.05, 4.69) is 20.1 Å². The zero-order valence-electron chi connectivity index (χ0n) is 25.0. The summed E-state index contributed by atoms with van der Waals surface area (Å²) in [7, 11) is -4.50. The Kier molecular flexibility index (Phi) is 6.79. The second-order valence-corrected chi connectivity index (χ2v) is 12.9. The first kappa shape index (κ1) is 29.9. The molecule has 0 bridgehead atoms. The summed E-state index contributed by atoms with van der Waals surface area (Å²) in [4.78, 5) is 24.8. The fourth-order valence-corrected chi connectivity index (χ4v) is 7.08. The number of hydrogen-bond donors (Lipinski definition) is 2. The second-order valence-electron chi connectivity index (χ2n) is 11.1. The third kappa shape index (κ3) is 4.76. The number of nitrogens with zero attached hydrogens (tertiary/aromatic N) is 5. The van der Waals surface area contributed by atoms with Crippen LogP contribution in [0.1, 0.15) is 33.1 Å². The molecule has 47 heavy (non-hydrogen) atoms. The monoisotopic (exact) mass is 655 g/mol. The summed E-state index contributed by atoms with van der Waals surface area (Å²) in [5, 5.41) is 4.55. The molecular formula is C33H24F3N7O3S. The molecule has 4 heterocycles. The molecule has 0 saturated carbocycles. The predicted molar refractivity (Wildman–Crippen MR) is 169 cm³/mol. The maximum Gasteiger partial charge on any atom is 0.268 e. The number of halogens is 3. The fraction of sp³-hybridized carbons (Fsp3) is 0.0909. The van der Waals surface area contributed by atoms with Gasteiger partial charge in [0.2, 0.25) is 11.7 Å². The topological polar surface area (TPSA) is 142 Å². The molecule has 7 aromatic rings. The lowest BCUT2D eigenvalue weighted by Crippen LogP contribution is -2.19. The molecule has 0 aliphatic rings. The van der Waals surface area contributed by atoms with Crippen LogP contribution in [0.15, 0.2) is 77.8 Å². The highest BCUT2D eigenvalue weighted by Crippen LogP contribution is 2.35. The number of benzene rings is 3. The molecule has 3 N–H and O–H groups in total. The molecule has 0 aliphatic carbocycles. The van der Waals surface area contributed by atoms with E-state index in [4.69, 9.17) is 5.73 Å². The van der Waals surface area contributed by atoms with Crippen LogP contribution >= 0.6 is 0 Å². The lowest BCUT2D eigenvalue weighted by molar-refractivity contribution is 0.103. The number of rotatable bonds is 6. The Morgan fingerprint density at radius 3 is 2.38 bits per heavy atom. The third-order valence-electron chi connectivity index (χ3n) is 7.93. The number of imidazole rings is 1. The summed E-state index contributed by atoms with van der Waals surface area (Å²) in [5.41, 5.74) is 7.45. The van der Waals surface area contributed by atoms with Gasteiger partial charge in [0.15, 0.2) is 11.6 Å². The van der Waals surface area contributed by atoms with Crippen LogP contribution in [0.5, 0.6) is 0 Å². The van der Waals surface area contributed by atoms with E-state index in [1.165, 1.54) is 54.2 Å². The second kappa shape index (κ2) is 10.7. The summed E-state index contributed by atoms with van der Waals surface area (Å²) in [5.74, 6) is -4.27. The van der Waals surface area contributed by atoms with E-state index in [-0.39, 0.29) is 44.1 Å². The summed E-state index contributed by atoms with van der Waals surface area (Å²) < 4.78 is 74.9. The van der Waals surface area contributed by atoms with Crippen LogP contribution in [0.25, 0.3) is 38.8 Å². The van der Waals surface area contributed by atoms with Crippen LogP contribution in [-0.4, -0.2) is 42.9 Å². The molecule has 14 heteroatoms. The van der Waals surface area contributed by atoms with Crippen molar-refractivity contribution < 1.29 is 26.4 Å². The van der Waals surface area contributed by atoms with Crippen molar-refractivity contribution in [1.29, 1.82) is 0 Å².